The van der Waals surface area contributed by atoms with Crippen LogP contribution in [0.15, 0.2) is 21.9 Å². The molecule has 0 radical (unpaired) electrons. The third-order valence-corrected chi connectivity index (χ3v) is 2.05. The number of hydrogen-bond acceptors (Lipinski definition) is 3. The van der Waals surface area contributed by atoms with E-state index in [1.54, 1.807) is 0 Å². The lowest BCUT2D eigenvalue weighted by molar-refractivity contribution is 0.376. The van der Waals surface area contributed by atoms with Crippen molar-refractivity contribution in [3.05, 3.63) is 33.1 Å². The van der Waals surface area contributed by atoms with Crippen molar-refractivity contribution in [2.75, 3.05) is 20.6 Å². The molecule has 0 atom stereocenters. The zero-order chi connectivity index (χ0) is 10.7. The van der Waals surface area contributed by atoms with Crippen LogP contribution in [0, 0.1) is 0 Å². The van der Waals surface area contributed by atoms with Gasteiger partial charge in [-0.1, -0.05) is 0 Å². The largest absolute Gasteiger partial charge is 0.330 e. The van der Waals surface area contributed by atoms with Crippen LogP contribution in [0.4, 0.5) is 0 Å². The number of likely N-dealkylation sites (N-methyl/N-ethyl adjacent to an activating group) is 1. The van der Waals surface area contributed by atoms with Crippen LogP contribution < -0.4 is 11.2 Å². The van der Waals surface area contributed by atoms with Gasteiger partial charge < -0.3 is 4.90 Å². The van der Waals surface area contributed by atoms with Crippen LogP contribution >= 0.6 is 0 Å². The summed E-state index contributed by atoms with van der Waals surface area (Å²) in [6.07, 6.45) is 1.54. The molecule has 0 aromatic carbocycles. The Kier molecular flexibility index (Phi) is 3.24. The van der Waals surface area contributed by atoms with Gasteiger partial charge in [-0.15, -0.1) is 0 Å². The Balaban J connectivity index is 2.95. The molecule has 0 amide bonds. The quantitative estimate of drug-likeness (QED) is 0.631. The molecule has 14 heavy (non-hydrogen) atoms. The van der Waals surface area contributed by atoms with Gasteiger partial charge in [-0.05, 0) is 14.1 Å². The van der Waals surface area contributed by atoms with E-state index >= 15 is 0 Å². The number of rotatable bonds is 3. The first-order valence-electron chi connectivity index (χ1n) is 4.43. The summed E-state index contributed by atoms with van der Waals surface area (Å²) in [5.41, 5.74) is -0.532. The summed E-state index contributed by atoms with van der Waals surface area (Å²) in [6.45, 7) is 1.37. The molecule has 1 aromatic rings. The summed E-state index contributed by atoms with van der Waals surface area (Å²) in [4.78, 5) is 24.6. The van der Waals surface area contributed by atoms with E-state index in [4.69, 9.17) is 0 Å². The first-order valence-corrected chi connectivity index (χ1v) is 4.43. The van der Waals surface area contributed by atoms with Gasteiger partial charge in [0.05, 0.1) is 0 Å². The fraction of sp³-hybridized carbons (Fsp3) is 0.556. The van der Waals surface area contributed by atoms with Gasteiger partial charge in [0, 0.05) is 32.4 Å². The van der Waals surface area contributed by atoms with Crippen molar-refractivity contribution in [2.24, 2.45) is 7.05 Å². The molecule has 0 N–H and O–H groups in total. The zero-order valence-electron chi connectivity index (χ0n) is 8.73. The van der Waals surface area contributed by atoms with Crippen molar-refractivity contribution in [3.8, 4) is 0 Å². The van der Waals surface area contributed by atoms with Gasteiger partial charge in [-0.3, -0.25) is 13.9 Å². The molecule has 1 aromatic heterocycles. The van der Waals surface area contributed by atoms with Crippen molar-refractivity contribution in [3.63, 3.8) is 0 Å². The maximum atomic E-state index is 11.5. The lowest BCUT2D eigenvalue weighted by atomic mass is 10.5. The first kappa shape index (κ1) is 10.7. The van der Waals surface area contributed by atoms with Gasteiger partial charge in [0.2, 0.25) is 0 Å². The van der Waals surface area contributed by atoms with Crippen molar-refractivity contribution in [1.29, 1.82) is 0 Å². The van der Waals surface area contributed by atoms with Gasteiger partial charge in [-0.25, -0.2) is 4.79 Å². The Morgan fingerprint density at radius 1 is 1.36 bits per heavy atom. The Bertz CT molecular complexity index is 417. The van der Waals surface area contributed by atoms with Crippen molar-refractivity contribution >= 4 is 0 Å². The standard InChI is InChI=1S/C9H15N3O2/c1-10(2)6-7-12-5-4-8(13)11(3)9(12)14/h4-5H,6-7H2,1-3H3. The second-order valence-electron chi connectivity index (χ2n) is 3.49. The van der Waals surface area contributed by atoms with E-state index < -0.39 is 0 Å². The molecule has 1 heterocycles. The summed E-state index contributed by atoms with van der Waals surface area (Å²) < 4.78 is 2.64. The molecule has 1 rings (SSSR count). The topological polar surface area (TPSA) is 47.2 Å². The molecule has 0 unspecified atom stereocenters. The first-order chi connectivity index (χ1) is 6.52. The van der Waals surface area contributed by atoms with Crippen LogP contribution in [-0.2, 0) is 13.6 Å². The second-order valence-corrected chi connectivity index (χ2v) is 3.49. The van der Waals surface area contributed by atoms with Crippen LogP contribution in [-0.4, -0.2) is 34.7 Å². The average Bonchev–Trinajstić information content (AvgIpc) is 2.13. The van der Waals surface area contributed by atoms with Crippen molar-refractivity contribution < 1.29 is 0 Å². The molecule has 0 aliphatic carbocycles. The fourth-order valence-electron chi connectivity index (χ4n) is 1.09. The highest BCUT2D eigenvalue weighted by Crippen LogP contribution is 1.80. The number of aromatic nitrogens is 2. The van der Waals surface area contributed by atoms with Crippen molar-refractivity contribution in [1.82, 2.24) is 14.0 Å². The highest BCUT2D eigenvalue weighted by atomic mass is 16.2. The minimum absolute atomic E-state index is 0.264. The molecule has 5 heteroatoms. The predicted molar refractivity (Wildman–Crippen MR) is 54.5 cm³/mol. The molecular formula is C9H15N3O2. The van der Waals surface area contributed by atoms with E-state index in [1.165, 1.54) is 23.9 Å². The third kappa shape index (κ3) is 2.32. The minimum atomic E-state index is -0.267. The Morgan fingerprint density at radius 3 is 2.57 bits per heavy atom. The Labute approximate surface area is 82.2 Å². The molecule has 0 aliphatic heterocycles. The van der Waals surface area contributed by atoms with E-state index in [9.17, 15) is 9.59 Å². The lowest BCUT2D eigenvalue weighted by Gasteiger charge is -2.11. The fourth-order valence-corrected chi connectivity index (χ4v) is 1.09. The van der Waals surface area contributed by atoms with Gasteiger partial charge in [0.15, 0.2) is 0 Å². The smallest absolute Gasteiger partial charge is 0.308 e. The van der Waals surface area contributed by atoms with E-state index in [-0.39, 0.29) is 11.2 Å². The average molecular weight is 197 g/mol. The maximum absolute atomic E-state index is 11.5. The number of nitrogens with zero attached hydrogens (tertiary/aromatic N) is 3. The van der Waals surface area contributed by atoms with Crippen LogP contribution in [0.3, 0.4) is 0 Å². The van der Waals surface area contributed by atoms with Crippen molar-refractivity contribution in [2.45, 2.75) is 6.54 Å². The van der Waals surface area contributed by atoms with Crippen LogP contribution in [0.5, 0.6) is 0 Å². The van der Waals surface area contributed by atoms with Gasteiger partial charge >= 0.3 is 5.69 Å². The highest BCUT2D eigenvalue weighted by molar-refractivity contribution is 4.85. The molecule has 0 aliphatic rings. The molecule has 0 saturated carbocycles. The van der Waals surface area contributed by atoms with E-state index in [0.29, 0.717) is 6.54 Å². The van der Waals surface area contributed by atoms with E-state index in [0.717, 1.165) is 11.1 Å². The van der Waals surface area contributed by atoms with E-state index in [1.807, 2.05) is 19.0 Å². The summed E-state index contributed by atoms with van der Waals surface area (Å²) >= 11 is 0. The maximum Gasteiger partial charge on any atom is 0.330 e. The predicted octanol–water partition coefficient (Wildman–Crippen LogP) is -0.891. The zero-order valence-corrected chi connectivity index (χ0v) is 8.73. The molecular weight excluding hydrogens is 182 g/mol. The van der Waals surface area contributed by atoms with Gasteiger partial charge in [0.1, 0.15) is 0 Å². The highest BCUT2D eigenvalue weighted by Gasteiger charge is 2.00. The summed E-state index contributed by atoms with van der Waals surface area (Å²) in [6, 6.07) is 1.40. The second kappa shape index (κ2) is 4.23. The summed E-state index contributed by atoms with van der Waals surface area (Å²) in [5.74, 6) is 0. The van der Waals surface area contributed by atoms with Crippen LogP contribution in [0.1, 0.15) is 0 Å². The molecule has 0 spiro atoms. The third-order valence-electron chi connectivity index (χ3n) is 2.05. The van der Waals surface area contributed by atoms with Crippen LogP contribution in [0.25, 0.3) is 0 Å². The van der Waals surface area contributed by atoms with Gasteiger partial charge in [0.25, 0.3) is 5.56 Å². The normalized spacial score (nSPS) is 10.9. The van der Waals surface area contributed by atoms with E-state index in [2.05, 4.69) is 0 Å². The molecule has 0 bridgehead atoms. The summed E-state index contributed by atoms with van der Waals surface area (Å²) in [7, 11) is 5.36. The minimum Gasteiger partial charge on any atom is -0.308 e. The van der Waals surface area contributed by atoms with Crippen LogP contribution in [0.2, 0.25) is 0 Å². The number of hydrogen-bond donors (Lipinski definition) is 0. The molecule has 0 saturated heterocycles. The molecule has 78 valence electrons. The summed E-state index contributed by atoms with van der Waals surface area (Å²) in [5, 5.41) is 0. The molecule has 5 nitrogen and oxygen atoms in total. The monoisotopic (exact) mass is 197 g/mol. The lowest BCUT2D eigenvalue weighted by Crippen LogP contribution is -2.38. The SMILES string of the molecule is CN(C)CCn1ccc(=O)n(C)c1=O. The molecule has 0 fully saturated rings. The Hall–Kier alpha value is -1.36. The van der Waals surface area contributed by atoms with Gasteiger partial charge in [-0.2, -0.15) is 0 Å². The Morgan fingerprint density at radius 2 is 2.00 bits per heavy atom.